The molecule has 0 bridgehead atoms. The van der Waals surface area contributed by atoms with Gasteiger partial charge in [0.2, 0.25) is 0 Å². The van der Waals surface area contributed by atoms with E-state index in [-0.39, 0.29) is 26.5 Å². The van der Waals surface area contributed by atoms with Gasteiger partial charge >= 0.3 is 0 Å². The molecule has 0 aliphatic heterocycles. The maximum atomic E-state index is 12.5. The summed E-state index contributed by atoms with van der Waals surface area (Å²) in [5.74, 6) is 0.188. The standard InChI is InChI=1S/C13H10Cl3N5O2S/c1-6-3-7(2)21-12(17-6)18-13(19-21)24(22,23)20-11-5-9(15)8(14)4-10(11)16/h3-5,20H,1-2H3. The van der Waals surface area contributed by atoms with E-state index in [4.69, 9.17) is 34.8 Å². The summed E-state index contributed by atoms with van der Waals surface area (Å²) >= 11 is 17.7. The molecule has 0 atom stereocenters. The Balaban J connectivity index is 2.05. The molecule has 3 rings (SSSR count). The summed E-state index contributed by atoms with van der Waals surface area (Å²) in [5, 5.41) is 4.03. The topological polar surface area (TPSA) is 89.3 Å². The fourth-order valence-electron chi connectivity index (χ4n) is 2.05. The molecule has 2 heterocycles. The summed E-state index contributed by atoms with van der Waals surface area (Å²) in [6.07, 6.45) is 0. The second-order valence-electron chi connectivity index (χ2n) is 5.00. The van der Waals surface area contributed by atoms with Crippen molar-refractivity contribution in [3.8, 4) is 0 Å². The van der Waals surface area contributed by atoms with Gasteiger partial charge in [-0.2, -0.15) is 13.4 Å². The van der Waals surface area contributed by atoms with Crippen LogP contribution in [0.3, 0.4) is 0 Å². The first kappa shape index (κ1) is 17.2. The Labute approximate surface area is 152 Å². The minimum Gasteiger partial charge on any atom is -0.275 e. The highest BCUT2D eigenvalue weighted by Gasteiger charge is 2.23. The largest absolute Gasteiger partial charge is 0.299 e. The number of aryl methyl sites for hydroxylation is 2. The van der Waals surface area contributed by atoms with Crippen molar-refractivity contribution in [1.29, 1.82) is 0 Å². The number of aromatic nitrogens is 4. The molecular formula is C13H10Cl3N5O2S. The van der Waals surface area contributed by atoms with E-state index < -0.39 is 15.2 Å². The Bertz CT molecular complexity index is 1070. The van der Waals surface area contributed by atoms with E-state index in [2.05, 4.69) is 19.8 Å². The number of sulfonamides is 1. The van der Waals surface area contributed by atoms with Crippen LogP contribution in [0.4, 0.5) is 5.69 Å². The van der Waals surface area contributed by atoms with E-state index in [9.17, 15) is 8.42 Å². The van der Waals surface area contributed by atoms with Crippen LogP contribution in [0, 0.1) is 13.8 Å². The fourth-order valence-corrected chi connectivity index (χ4v) is 3.64. The summed E-state index contributed by atoms with van der Waals surface area (Å²) < 4.78 is 28.7. The van der Waals surface area contributed by atoms with Gasteiger partial charge in [0.1, 0.15) is 0 Å². The van der Waals surface area contributed by atoms with Crippen molar-refractivity contribution in [1.82, 2.24) is 19.6 Å². The predicted octanol–water partition coefficient (Wildman–Crippen LogP) is 3.50. The van der Waals surface area contributed by atoms with Gasteiger partial charge in [0.15, 0.2) is 0 Å². The number of hydrogen-bond acceptors (Lipinski definition) is 5. The molecule has 1 N–H and O–H groups in total. The van der Waals surface area contributed by atoms with Gasteiger partial charge in [0.05, 0.1) is 20.8 Å². The van der Waals surface area contributed by atoms with E-state index in [1.165, 1.54) is 16.6 Å². The van der Waals surface area contributed by atoms with Gasteiger partial charge in [-0.3, -0.25) is 4.72 Å². The third kappa shape index (κ3) is 3.14. The molecule has 1 aromatic carbocycles. The van der Waals surface area contributed by atoms with Crippen molar-refractivity contribution in [2.24, 2.45) is 0 Å². The first-order valence-corrected chi connectivity index (χ1v) is 9.17. The molecule has 0 fully saturated rings. The maximum absolute atomic E-state index is 12.5. The number of nitrogens with zero attached hydrogens (tertiary/aromatic N) is 4. The molecule has 0 spiro atoms. The first-order chi connectivity index (χ1) is 11.2. The smallest absolute Gasteiger partial charge is 0.275 e. The Morgan fingerprint density at radius 2 is 1.67 bits per heavy atom. The monoisotopic (exact) mass is 405 g/mol. The highest BCUT2D eigenvalue weighted by molar-refractivity contribution is 7.92. The van der Waals surface area contributed by atoms with E-state index in [1.54, 1.807) is 19.9 Å². The Morgan fingerprint density at radius 3 is 2.38 bits per heavy atom. The van der Waals surface area contributed by atoms with Gasteiger partial charge in [-0.25, -0.2) is 9.50 Å². The number of anilines is 1. The van der Waals surface area contributed by atoms with Crippen LogP contribution in [0.1, 0.15) is 11.4 Å². The van der Waals surface area contributed by atoms with Crippen molar-refractivity contribution in [3.63, 3.8) is 0 Å². The number of rotatable bonds is 3. The average Bonchev–Trinajstić information content (AvgIpc) is 2.89. The van der Waals surface area contributed by atoms with E-state index in [1.807, 2.05) is 0 Å². The lowest BCUT2D eigenvalue weighted by atomic mass is 10.3. The van der Waals surface area contributed by atoms with Crippen LogP contribution in [0.5, 0.6) is 0 Å². The van der Waals surface area contributed by atoms with E-state index in [0.29, 0.717) is 11.4 Å². The van der Waals surface area contributed by atoms with Crippen LogP contribution in [-0.2, 0) is 10.0 Å². The number of halogens is 3. The molecule has 3 aromatic rings. The lowest BCUT2D eigenvalue weighted by molar-refractivity contribution is 0.592. The first-order valence-electron chi connectivity index (χ1n) is 6.56. The minimum absolute atomic E-state index is 0.0748. The molecule has 0 amide bonds. The zero-order chi connectivity index (χ0) is 17.6. The van der Waals surface area contributed by atoms with Crippen LogP contribution in [0.15, 0.2) is 23.4 Å². The lowest BCUT2D eigenvalue weighted by Gasteiger charge is -2.08. The molecule has 24 heavy (non-hydrogen) atoms. The van der Waals surface area contributed by atoms with Crippen molar-refractivity contribution in [3.05, 3.63) is 44.7 Å². The normalized spacial score (nSPS) is 11.9. The molecule has 2 aromatic heterocycles. The highest BCUT2D eigenvalue weighted by atomic mass is 35.5. The fraction of sp³-hybridized carbons (Fsp3) is 0.154. The van der Waals surface area contributed by atoms with Gasteiger partial charge in [-0.05, 0) is 32.0 Å². The second-order valence-corrected chi connectivity index (χ2v) is 7.79. The highest BCUT2D eigenvalue weighted by Crippen LogP contribution is 2.33. The molecule has 0 radical (unpaired) electrons. The van der Waals surface area contributed by atoms with Crippen LogP contribution < -0.4 is 4.72 Å². The molecule has 0 saturated heterocycles. The van der Waals surface area contributed by atoms with Gasteiger partial charge in [-0.15, -0.1) is 5.10 Å². The summed E-state index contributed by atoms with van der Waals surface area (Å²) in [6.45, 7) is 3.56. The van der Waals surface area contributed by atoms with Crippen molar-refractivity contribution in [2.75, 3.05) is 4.72 Å². The third-order valence-electron chi connectivity index (χ3n) is 3.09. The van der Waals surface area contributed by atoms with Gasteiger partial charge in [-0.1, -0.05) is 34.8 Å². The molecule has 0 aliphatic rings. The quantitative estimate of drug-likeness (QED) is 0.672. The third-order valence-corrected chi connectivity index (χ3v) is 5.27. The van der Waals surface area contributed by atoms with Crippen LogP contribution in [-0.4, -0.2) is 28.0 Å². The number of benzene rings is 1. The minimum atomic E-state index is -4.08. The summed E-state index contributed by atoms with van der Waals surface area (Å²) in [5.41, 5.74) is 1.49. The molecule has 0 saturated carbocycles. The Kier molecular flexibility index (Phi) is 4.33. The summed E-state index contributed by atoms with van der Waals surface area (Å²) in [6, 6.07) is 4.42. The summed E-state index contributed by atoms with van der Waals surface area (Å²) in [7, 11) is -4.08. The Hall–Kier alpha value is -1.61. The number of hydrogen-bond donors (Lipinski definition) is 1. The number of fused-ring (bicyclic) bond motifs is 1. The van der Waals surface area contributed by atoms with Gasteiger partial charge in [0.25, 0.3) is 21.0 Å². The lowest BCUT2D eigenvalue weighted by Crippen LogP contribution is -2.15. The summed E-state index contributed by atoms with van der Waals surface area (Å²) in [4.78, 5) is 8.11. The van der Waals surface area contributed by atoms with Crippen molar-refractivity contribution < 1.29 is 8.42 Å². The molecule has 0 unspecified atom stereocenters. The van der Waals surface area contributed by atoms with Crippen molar-refractivity contribution in [2.45, 2.75) is 19.0 Å². The molecule has 126 valence electrons. The molecule has 7 nitrogen and oxygen atoms in total. The Morgan fingerprint density at radius 1 is 1.00 bits per heavy atom. The van der Waals surface area contributed by atoms with Crippen LogP contribution in [0.25, 0.3) is 5.78 Å². The van der Waals surface area contributed by atoms with Crippen LogP contribution >= 0.6 is 34.8 Å². The van der Waals surface area contributed by atoms with Gasteiger partial charge in [0, 0.05) is 11.4 Å². The predicted molar refractivity (Wildman–Crippen MR) is 92.5 cm³/mol. The zero-order valence-electron chi connectivity index (χ0n) is 12.4. The van der Waals surface area contributed by atoms with Crippen LogP contribution in [0.2, 0.25) is 15.1 Å². The maximum Gasteiger partial charge on any atom is 0.299 e. The van der Waals surface area contributed by atoms with Gasteiger partial charge < -0.3 is 0 Å². The molecular weight excluding hydrogens is 397 g/mol. The van der Waals surface area contributed by atoms with E-state index in [0.717, 1.165) is 0 Å². The SMILES string of the molecule is Cc1cc(C)n2nc(S(=O)(=O)Nc3cc(Cl)c(Cl)cc3Cl)nc2n1. The molecule has 0 aliphatic carbocycles. The second kappa shape index (κ2) is 6.03. The van der Waals surface area contributed by atoms with Crippen molar-refractivity contribution >= 4 is 56.3 Å². The zero-order valence-corrected chi connectivity index (χ0v) is 15.5. The molecule has 11 heteroatoms. The van der Waals surface area contributed by atoms with E-state index >= 15 is 0 Å². The number of nitrogens with one attached hydrogen (secondary N) is 1. The average molecular weight is 407 g/mol.